The quantitative estimate of drug-likeness (QED) is 0.597. The summed E-state index contributed by atoms with van der Waals surface area (Å²) in [6.45, 7) is 7.82. The van der Waals surface area contributed by atoms with Crippen molar-refractivity contribution in [3.63, 3.8) is 0 Å². The summed E-state index contributed by atoms with van der Waals surface area (Å²) in [5.41, 5.74) is 0. The van der Waals surface area contributed by atoms with Crippen LogP contribution in [-0.4, -0.2) is 12.7 Å². The molecular formula is C10H20O. The van der Waals surface area contributed by atoms with Crippen LogP contribution in [0.25, 0.3) is 0 Å². The van der Waals surface area contributed by atoms with Crippen LogP contribution < -0.4 is 0 Å². The minimum atomic E-state index is 0.503. The minimum absolute atomic E-state index is 0.503. The molecule has 3 atom stereocenters. The van der Waals surface area contributed by atoms with Gasteiger partial charge in [-0.15, -0.1) is 0 Å². The van der Waals surface area contributed by atoms with E-state index in [4.69, 9.17) is 4.74 Å². The van der Waals surface area contributed by atoms with E-state index >= 15 is 0 Å². The predicted molar refractivity (Wildman–Crippen MR) is 47.6 cm³/mol. The molecule has 0 N–H and O–H groups in total. The summed E-state index contributed by atoms with van der Waals surface area (Å²) >= 11 is 0. The Morgan fingerprint density at radius 1 is 1.55 bits per heavy atom. The van der Waals surface area contributed by atoms with Crippen LogP contribution in [0, 0.1) is 11.8 Å². The normalized spacial score (nSPS) is 35.2. The van der Waals surface area contributed by atoms with Gasteiger partial charge in [-0.3, -0.25) is 0 Å². The van der Waals surface area contributed by atoms with Crippen LogP contribution in [0.4, 0.5) is 0 Å². The molecule has 3 unspecified atom stereocenters. The first kappa shape index (κ1) is 9.05. The van der Waals surface area contributed by atoms with E-state index in [1.807, 2.05) is 0 Å². The van der Waals surface area contributed by atoms with Crippen molar-refractivity contribution in [1.29, 1.82) is 0 Å². The van der Waals surface area contributed by atoms with Crippen LogP contribution in [0.5, 0.6) is 0 Å². The lowest BCUT2D eigenvalue weighted by Crippen LogP contribution is -2.26. The van der Waals surface area contributed by atoms with Crippen molar-refractivity contribution >= 4 is 0 Å². The third-order valence-corrected chi connectivity index (χ3v) is 2.97. The Morgan fingerprint density at radius 3 is 2.82 bits per heavy atom. The van der Waals surface area contributed by atoms with Gasteiger partial charge in [0.25, 0.3) is 0 Å². The Bertz CT molecular complexity index is 111. The van der Waals surface area contributed by atoms with Gasteiger partial charge in [0.1, 0.15) is 0 Å². The summed E-state index contributed by atoms with van der Waals surface area (Å²) in [4.78, 5) is 0. The molecular weight excluding hydrogens is 136 g/mol. The molecule has 66 valence electrons. The molecule has 0 radical (unpaired) electrons. The van der Waals surface area contributed by atoms with Crippen molar-refractivity contribution in [2.75, 3.05) is 6.61 Å². The lowest BCUT2D eigenvalue weighted by atomic mass is 9.84. The maximum atomic E-state index is 5.50. The van der Waals surface area contributed by atoms with Gasteiger partial charge >= 0.3 is 0 Å². The predicted octanol–water partition coefficient (Wildman–Crippen LogP) is 2.85. The molecule has 1 nitrogen and oxygen atoms in total. The van der Waals surface area contributed by atoms with E-state index in [0.717, 1.165) is 18.4 Å². The summed E-state index contributed by atoms with van der Waals surface area (Å²) in [7, 11) is 0. The van der Waals surface area contributed by atoms with E-state index in [1.54, 1.807) is 0 Å². The van der Waals surface area contributed by atoms with Crippen molar-refractivity contribution in [3.8, 4) is 0 Å². The first-order chi connectivity index (χ1) is 5.24. The van der Waals surface area contributed by atoms with E-state index in [2.05, 4.69) is 20.8 Å². The zero-order valence-corrected chi connectivity index (χ0v) is 7.97. The Balaban J connectivity index is 2.33. The molecule has 0 saturated carbocycles. The molecule has 0 spiro atoms. The molecule has 1 rings (SSSR count). The first-order valence-corrected chi connectivity index (χ1v) is 4.85. The fraction of sp³-hybridized carbons (Fsp3) is 1.00. The number of ether oxygens (including phenoxy) is 1. The SMILES string of the molecule is CCC(C)C1CCOC(C)C1. The van der Waals surface area contributed by atoms with Crippen LogP contribution >= 0.6 is 0 Å². The van der Waals surface area contributed by atoms with Gasteiger partial charge < -0.3 is 4.74 Å². The van der Waals surface area contributed by atoms with Crippen LogP contribution in [0.2, 0.25) is 0 Å². The third kappa shape index (κ3) is 2.48. The van der Waals surface area contributed by atoms with Gasteiger partial charge in [-0.25, -0.2) is 0 Å². The molecule has 0 aromatic carbocycles. The van der Waals surface area contributed by atoms with Crippen LogP contribution in [-0.2, 0) is 4.74 Å². The largest absolute Gasteiger partial charge is 0.378 e. The zero-order chi connectivity index (χ0) is 8.27. The highest BCUT2D eigenvalue weighted by molar-refractivity contribution is 4.72. The Kier molecular flexibility index (Phi) is 3.38. The summed E-state index contributed by atoms with van der Waals surface area (Å²) in [5.74, 6) is 1.81. The summed E-state index contributed by atoms with van der Waals surface area (Å²) < 4.78 is 5.50. The van der Waals surface area contributed by atoms with E-state index in [0.29, 0.717) is 6.10 Å². The summed E-state index contributed by atoms with van der Waals surface area (Å²) in [5, 5.41) is 0. The van der Waals surface area contributed by atoms with Crippen molar-refractivity contribution < 1.29 is 4.74 Å². The van der Waals surface area contributed by atoms with Gasteiger partial charge in [-0.1, -0.05) is 20.3 Å². The smallest absolute Gasteiger partial charge is 0.0549 e. The first-order valence-electron chi connectivity index (χ1n) is 4.85. The van der Waals surface area contributed by atoms with Crippen molar-refractivity contribution in [1.82, 2.24) is 0 Å². The van der Waals surface area contributed by atoms with E-state index in [1.165, 1.54) is 19.3 Å². The van der Waals surface area contributed by atoms with Gasteiger partial charge in [-0.05, 0) is 31.6 Å². The third-order valence-electron chi connectivity index (χ3n) is 2.97. The van der Waals surface area contributed by atoms with E-state index < -0.39 is 0 Å². The molecule has 0 bridgehead atoms. The average Bonchev–Trinajstić information content (AvgIpc) is 2.03. The topological polar surface area (TPSA) is 9.23 Å². The van der Waals surface area contributed by atoms with Gasteiger partial charge in [0.2, 0.25) is 0 Å². The molecule has 1 aliphatic heterocycles. The standard InChI is InChI=1S/C10H20O/c1-4-8(2)10-5-6-11-9(3)7-10/h8-10H,4-7H2,1-3H3. The summed E-state index contributed by atoms with van der Waals surface area (Å²) in [6, 6.07) is 0. The van der Waals surface area contributed by atoms with Crippen LogP contribution in [0.15, 0.2) is 0 Å². The molecule has 1 saturated heterocycles. The summed E-state index contributed by atoms with van der Waals surface area (Å²) in [6.07, 6.45) is 4.37. The molecule has 1 fully saturated rings. The van der Waals surface area contributed by atoms with E-state index in [9.17, 15) is 0 Å². The number of hydrogen-bond acceptors (Lipinski definition) is 1. The molecule has 1 heterocycles. The fourth-order valence-corrected chi connectivity index (χ4v) is 1.88. The second-order valence-electron chi connectivity index (χ2n) is 3.85. The second kappa shape index (κ2) is 4.10. The molecule has 11 heavy (non-hydrogen) atoms. The van der Waals surface area contributed by atoms with Crippen molar-refractivity contribution in [2.45, 2.75) is 46.1 Å². The fourth-order valence-electron chi connectivity index (χ4n) is 1.88. The number of rotatable bonds is 2. The molecule has 0 amide bonds. The Labute approximate surface area is 70.1 Å². The molecule has 0 aromatic heterocycles. The minimum Gasteiger partial charge on any atom is -0.378 e. The lowest BCUT2D eigenvalue weighted by molar-refractivity contribution is -0.0103. The Hall–Kier alpha value is -0.0400. The van der Waals surface area contributed by atoms with Gasteiger partial charge in [-0.2, -0.15) is 0 Å². The average molecular weight is 156 g/mol. The maximum Gasteiger partial charge on any atom is 0.0549 e. The monoisotopic (exact) mass is 156 g/mol. The number of hydrogen-bond donors (Lipinski definition) is 0. The van der Waals surface area contributed by atoms with Gasteiger partial charge in [0, 0.05) is 6.61 Å². The van der Waals surface area contributed by atoms with E-state index in [-0.39, 0.29) is 0 Å². The highest BCUT2D eigenvalue weighted by Gasteiger charge is 2.22. The molecule has 1 heteroatoms. The van der Waals surface area contributed by atoms with Crippen LogP contribution in [0.3, 0.4) is 0 Å². The molecule has 0 aromatic rings. The second-order valence-corrected chi connectivity index (χ2v) is 3.85. The highest BCUT2D eigenvalue weighted by Crippen LogP contribution is 2.28. The van der Waals surface area contributed by atoms with Gasteiger partial charge in [0.05, 0.1) is 6.10 Å². The zero-order valence-electron chi connectivity index (χ0n) is 7.97. The Morgan fingerprint density at radius 2 is 2.27 bits per heavy atom. The van der Waals surface area contributed by atoms with Crippen molar-refractivity contribution in [2.24, 2.45) is 11.8 Å². The highest BCUT2D eigenvalue weighted by atomic mass is 16.5. The van der Waals surface area contributed by atoms with Crippen LogP contribution in [0.1, 0.15) is 40.0 Å². The van der Waals surface area contributed by atoms with Gasteiger partial charge in [0.15, 0.2) is 0 Å². The maximum absolute atomic E-state index is 5.50. The molecule has 0 aliphatic carbocycles. The lowest BCUT2D eigenvalue weighted by Gasteiger charge is -2.31. The molecule has 1 aliphatic rings. The van der Waals surface area contributed by atoms with Crippen molar-refractivity contribution in [3.05, 3.63) is 0 Å².